The highest BCUT2D eigenvalue weighted by Crippen LogP contribution is 2.24. The largest absolute Gasteiger partial charge is 0.298 e. The normalized spacial score (nSPS) is 10.7. The van der Waals surface area contributed by atoms with Crippen LogP contribution in [0.3, 0.4) is 0 Å². The summed E-state index contributed by atoms with van der Waals surface area (Å²) in [5.41, 5.74) is 3.72. The minimum absolute atomic E-state index is 0.230. The second-order valence-electron chi connectivity index (χ2n) is 5.60. The van der Waals surface area contributed by atoms with E-state index in [2.05, 4.69) is 20.4 Å². The molecule has 0 fully saturated rings. The highest BCUT2D eigenvalue weighted by Gasteiger charge is 2.17. The number of carbonyl (C=O) groups is 1. The summed E-state index contributed by atoms with van der Waals surface area (Å²) in [6.45, 7) is 1.87. The Morgan fingerprint density at radius 1 is 1.08 bits per heavy atom. The lowest BCUT2D eigenvalue weighted by atomic mass is 10.2. The second-order valence-corrected chi connectivity index (χ2v) is 6.46. The van der Waals surface area contributed by atoms with Crippen LogP contribution in [0.4, 0.5) is 5.13 Å². The van der Waals surface area contributed by atoms with E-state index >= 15 is 0 Å². The summed E-state index contributed by atoms with van der Waals surface area (Å²) in [4.78, 5) is 21.3. The molecule has 0 saturated heterocycles. The maximum absolute atomic E-state index is 12.6. The van der Waals surface area contributed by atoms with Crippen LogP contribution in [-0.2, 0) is 0 Å². The van der Waals surface area contributed by atoms with E-state index in [4.69, 9.17) is 0 Å². The van der Waals surface area contributed by atoms with Gasteiger partial charge in [-0.15, -0.1) is 11.3 Å². The van der Waals surface area contributed by atoms with Gasteiger partial charge in [0.25, 0.3) is 5.91 Å². The fourth-order valence-corrected chi connectivity index (χ4v) is 3.29. The van der Waals surface area contributed by atoms with Gasteiger partial charge >= 0.3 is 0 Å². The zero-order chi connectivity index (χ0) is 17.9. The Bertz CT molecular complexity index is 1040. The van der Waals surface area contributed by atoms with Crippen molar-refractivity contribution in [1.29, 1.82) is 0 Å². The van der Waals surface area contributed by atoms with E-state index in [-0.39, 0.29) is 5.91 Å². The summed E-state index contributed by atoms with van der Waals surface area (Å²) in [5.74, 6) is -0.230. The highest BCUT2D eigenvalue weighted by atomic mass is 32.1. The van der Waals surface area contributed by atoms with Crippen molar-refractivity contribution in [2.75, 3.05) is 5.32 Å². The molecule has 4 rings (SSSR count). The summed E-state index contributed by atoms with van der Waals surface area (Å²) in [6.07, 6.45) is 3.29. The lowest BCUT2D eigenvalue weighted by molar-refractivity contribution is 0.102. The number of para-hydroxylation sites is 1. The Morgan fingerprint density at radius 2 is 1.88 bits per heavy atom. The SMILES string of the molecule is Cc1c(C(=O)Nc2nc(-c3ccccn3)cs2)cnn1-c1ccccc1. The number of carbonyl (C=O) groups excluding carboxylic acids is 1. The molecule has 0 aliphatic heterocycles. The van der Waals surface area contributed by atoms with Crippen molar-refractivity contribution in [3.05, 3.63) is 77.6 Å². The van der Waals surface area contributed by atoms with Gasteiger partial charge in [-0.05, 0) is 31.2 Å². The van der Waals surface area contributed by atoms with Crippen LogP contribution in [0.1, 0.15) is 16.1 Å². The van der Waals surface area contributed by atoms with Crippen LogP contribution in [0, 0.1) is 6.92 Å². The van der Waals surface area contributed by atoms with Gasteiger partial charge in [0.1, 0.15) is 5.69 Å². The van der Waals surface area contributed by atoms with E-state index < -0.39 is 0 Å². The van der Waals surface area contributed by atoms with E-state index in [9.17, 15) is 4.79 Å². The van der Waals surface area contributed by atoms with Crippen molar-refractivity contribution in [1.82, 2.24) is 19.7 Å². The Hall–Kier alpha value is -3.32. The van der Waals surface area contributed by atoms with Gasteiger partial charge in [0, 0.05) is 11.6 Å². The van der Waals surface area contributed by atoms with Gasteiger partial charge in [0.2, 0.25) is 0 Å². The average molecular weight is 361 g/mol. The predicted molar refractivity (Wildman–Crippen MR) is 102 cm³/mol. The van der Waals surface area contributed by atoms with Gasteiger partial charge in [-0.2, -0.15) is 5.10 Å². The summed E-state index contributed by atoms with van der Waals surface area (Å²) in [7, 11) is 0. The molecule has 0 atom stereocenters. The smallest absolute Gasteiger partial charge is 0.260 e. The number of rotatable bonds is 4. The van der Waals surface area contributed by atoms with E-state index in [1.807, 2.05) is 60.8 Å². The standard InChI is InChI=1S/C19H15N5OS/c1-13-15(11-21-24(13)14-7-3-2-4-8-14)18(25)23-19-22-17(12-26-19)16-9-5-6-10-20-16/h2-12H,1H3,(H,22,23,25). The lowest BCUT2D eigenvalue weighted by Gasteiger charge is -2.05. The zero-order valence-corrected chi connectivity index (χ0v) is 14.8. The first-order chi connectivity index (χ1) is 12.7. The molecule has 3 aromatic heterocycles. The van der Waals surface area contributed by atoms with E-state index in [1.165, 1.54) is 11.3 Å². The minimum Gasteiger partial charge on any atom is -0.298 e. The van der Waals surface area contributed by atoms with Crippen LogP contribution >= 0.6 is 11.3 Å². The monoisotopic (exact) mass is 361 g/mol. The van der Waals surface area contributed by atoms with Crippen LogP contribution in [0.15, 0.2) is 66.3 Å². The van der Waals surface area contributed by atoms with E-state index in [0.29, 0.717) is 10.7 Å². The van der Waals surface area contributed by atoms with Gasteiger partial charge in [0.05, 0.1) is 28.8 Å². The Kier molecular flexibility index (Phi) is 4.28. The molecular formula is C19H15N5OS. The number of pyridine rings is 1. The summed E-state index contributed by atoms with van der Waals surface area (Å²) >= 11 is 1.37. The molecule has 1 amide bonds. The average Bonchev–Trinajstić information content (AvgIpc) is 3.30. The lowest BCUT2D eigenvalue weighted by Crippen LogP contribution is -2.13. The Balaban J connectivity index is 1.55. The third kappa shape index (κ3) is 3.12. The van der Waals surface area contributed by atoms with E-state index in [0.717, 1.165) is 22.8 Å². The molecule has 128 valence electrons. The highest BCUT2D eigenvalue weighted by molar-refractivity contribution is 7.14. The van der Waals surface area contributed by atoms with Gasteiger partial charge in [-0.1, -0.05) is 24.3 Å². The van der Waals surface area contributed by atoms with E-state index in [1.54, 1.807) is 17.1 Å². The van der Waals surface area contributed by atoms with Crippen molar-refractivity contribution >= 4 is 22.4 Å². The number of thiazole rings is 1. The number of amides is 1. The number of hydrogen-bond acceptors (Lipinski definition) is 5. The first-order valence-electron chi connectivity index (χ1n) is 8.01. The van der Waals surface area contributed by atoms with Gasteiger partial charge < -0.3 is 0 Å². The molecule has 0 unspecified atom stereocenters. The molecular weight excluding hydrogens is 346 g/mol. The maximum Gasteiger partial charge on any atom is 0.260 e. The van der Waals surface area contributed by atoms with Crippen molar-refractivity contribution in [2.24, 2.45) is 0 Å². The predicted octanol–water partition coefficient (Wildman–Crippen LogP) is 3.95. The van der Waals surface area contributed by atoms with Crippen LogP contribution in [0.5, 0.6) is 0 Å². The number of nitrogens with zero attached hydrogens (tertiary/aromatic N) is 4. The molecule has 0 bridgehead atoms. The number of benzene rings is 1. The summed E-state index contributed by atoms with van der Waals surface area (Å²) in [5, 5.41) is 9.57. The molecule has 1 N–H and O–H groups in total. The van der Waals surface area contributed by atoms with Crippen molar-refractivity contribution in [2.45, 2.75) is 6.92 Å². The van der Waals surface area contributed by atoms with Gasteiger partial charge in [-0.25, -0.2) is 9.67 Å². The van der Waals surface area contributed by atoms with Crippen LogP contribution < -0.4 is 5.32 Å². The summed E-state index contributed by atoms with van der Waals surface area (Å²) in [6, 6.07) is 15.3. The quantitative estimate of drug-likeness (QED) is 0.597. The molecule has 4 aromatic rings. The van der Waals surface area contributed by atoms with Crippen molar-refractivity contribution in [3.63, 3.8) is 0 Å². The third-order valence-corrected chi connectivity index (χ3v) is 4.66. The molecule has 7 heteroatoms. The molecule has 3 heterocycles. The number of aromatic nitrogens is 4. The fraction of sp³-hybridized carbons (Fsp3) is 0.0526. The maximum atomic E-state index is 12.6. The molecule has 0 saturated carbocycles. The van der Waals surface area contributed by atoms with Crippen molar-refractivity contribution < 1.29 is 4.79 Å². The molecule has 0 radical (unpaired) electrons. The summed E-state index contributed by atoms with van der Waals surface area (Å²) < 4.78 is 1.75. The van der Waals surface area contributed by atoms with Crippen molar-refractivity contribution in [3.8, 4) is 17.1 Å². The molecule has 0 aliphatic rings. The third-order valence-electron chi connectivity index (χ3n) is 3.91. The number of anilines is 1. The Morgan fingerprint density at radius 3 is 2.65 bits per heavy atom. The Labute approximate surface area is 154 Å². The van der Waals surface area contributed by atoms with Gasteiger partial charge in [0.15, 0.2) is 5.13 Å². The first kappa shape index (κ1) is 16.2. The van der Waals surface area contributed by atoms with Crippen LogP contribution in [-0.4, -0.2) is 25.7 Å². The first-order valence-corrected chi connectivity index (χ1v) is 8.88. The number of nitrogens with one attached hydrogen (secondary N) is 1. The van der Waals surface area contributed by atoms with Gasteiger partial charge in [-0.3, -0.25) is 15.1 Å². The van der Waals surface area contributed by atoms with Crippen LogP contribution in [0.2, 0.25) is 0 Å². The fourth-order valence-electron chi connectivity index (χ4n) is 2.59. The molecule has 6 nitrogen and oxygen atoms in total. The number of hydrogen-bond donors (Lipinski definition) is 1. The molecule has 26 heavy (non-hydrogen) atoms. The molecule has 0 aliphatic carbocycles. The molecule has 1 aromatic carbocycles. The van der Waals surface area contributed by atoms with Crippen LogP contribution in [0.25, 0.3) is 17.1 Å². The second kappa shape index (κ2) is 6.89. The molecule has 0 spiro atoms. The topological polar surface area (TPSA) is 72.7 Å². The zero-order valence-electron chi connectivity index (χ0n) is 14.0. The minimum atomic E-state index is -0.230.